The summed E-state index contributed by atoms with van der Waals surface area (Å²) in [6.07, 6.45) is 0. The minimum absolute atomic E-state index is 0.373. The van der Waals surface area contributed by atoms with Gasteiger partial charge >= 0.3 is 0 Å². The molecular formula is C36H20N4. The molecule has 0 bridgehead atoms. The largest absolute Gasteiger partial charge is 0.309 e. The van der Waals surface area contributed by atoms with Gasteiger partial charge in [-0.25, -0.2) is 0 Å². The second-order valence-electron chi connectivity index (χ2n) is 10.0. The third-order valence-corrected chi connectivity index (χ3v) is 7.98. The highest BCUT2D eigenvalue weighted by molar-refractivity contribution is 6.22. The summed E-state index contributed by atoms with van der Waals surface area (Å²) in [6.45, 7) is 0. The Morgan fingerprint density at radius 1 is 0.425 bits per heavy atom. The fourth-order valence-electron chi connectivity index (χ4n) is 6.26. The van der Waals surface area contributed by atoms with E-state index in [0.29, 0.717) is 11.1 Å². The van der Waals surface area contributed by atoms with Crippen LogP contribution in [-0.2, 0) is 0 Å². The number of hydrogen-bond acceptors (Lipinski definition) is 2. The van der Waals surface area contributed by atoms with Crippen molar-refractivity contribution in [3.63, 3.8) is 0 Å². The predicted octanol–water partition coefficient (Wildman–Crippen LogP) is 8.78. The van der Waals surface area contributed by atoms with Crippen molar-refractivity contribution in [2.75, 3.05) is 0 Å². The van der Waals surface area contributed by atoms with Crippen LogP contribution in [0.4, 0.5) is 0 Å². The average Bonchev–Trinajstić information content (AvgIpc) is 3.53. The van der Waals surface area contributed by atoms with Gasteiger partial charge in [0, 0.05) is 32.9 Å². The quantitative estimate of drug-likeness (QED) is 0.234. The van der Waals surface area contributed by atoms with E-state index in [0.717, 1.165) is 27.8 Å². The number of nitriles is 2. The van der Waals surface area contributed by atoms with Crippen molar-refractivity contribution in [2.24, 2.45) is 0 Å². The van der Waals surface area contributed by atoms with Crippen molar-refractivity contribution >= 4 is 54.4 Å². The van der Waals surface area contributed by atoms with Crippen LogP contribution in [0, 0.1) is 22.7 Å². The number of nitrogens with zero attached hydrogens (tertiary/aromatic N) is 4. The van der Waals surface area contributed by atoms with Crippen LogP contribution in [0.15, 0.2) is 121 Å². The highest BCUT2D eigenvalue weighted by Crippen LogP contribution is 2.39. The molecule has 8 aromatic rings. The molecular weight excluding hydrogens is 488 g/mol. The summed E-state index contributed by atoms with van der Waals surface area (Å²) in [5, 5.41) is 26.3. The van der Waals surface area contributed by atoms with Crippen molar-refractivity contribution in [1.29, 1.82) is 10.5 Å². The smallest absolute Gasteiger partial charge is 0.101 e. The third-order valence-electron chi connectivity index (χ3n) is 7.98. The molecule has 8 rings (SSSR count). The van der Waals surface area contributed by atoms with Crippen LogP contribution in [0.2, 0.25) is 0 Å². The molecule has 0 aliphatic heterocycles. The molecule has 0 saturated carbocycles. The number of benzene rings is 6. The number of fused-ring (bicyclic) bond motifs is 8. The van der Waals surface area contributed by atoms with E-state index in [1.165, 1.54) is 38.0 Å². The SMILES string of the molecule is N#Cc1ccc(-n2c3ccc(-n4c5ccccc5c5ccccc54)cc3c3c4ccccc4ccc32)cc1C#N. The monoisotopic (exact) mass is 508 g/mol. The summed E-state index contributed by atoms with van der Waals surface area (Å²) in [7, 11) is 0. The summed E-state index contributed by atoms with van der Waals surface area (Å²) in [5.74, 6) is 0. The van der Waals surface area contributed by atoms with Crippen LogP contribution in [0.1, 0.15) is 11.1 Å². The standard InChI is InChI=1S/C36H20N4/c37-21-24-13-15-26(19-25(24)22-38)40-34-18-16-27(20-31(34)36-28-8-2-1-7-23(28)14-17-35(36)40)39-32-11-5-3-9-29(32)30-10-4-6-12-33(30)39/h1-20H. The topological polar surface area (TPSA) is 57.4 Å². The number of hydrogen-bond donors (Lipinski definition) is 0. The van der Waals surface area contributed by atoms with Gasteiger partial charge in [0.2, 0.25) is 0 Å². The second-order valence-corrected chi connectivity index (χ2v) is 10.0. The van der Waals surface area contributed by atoms with Crippen molar-refractivity contribution in [3.8, 4) is 23.5 Å². The molecule has 40 heavy (non-hydrogen) atoms. The first-order chi connectivity index (χ1) is 19.8. The van der Waals surface area contributed by atoms with Crippen molar-refractivity contribution in [1.82, 2.24) is 9.13 Å². The minimum Gasteiger partial charge on any atom is -0.309 e. The Hall–Kier alpha value is -5.84. The van der Waals surface area contributed by atoms with Gasteiger partial charge < -0.3 is 9.13 Å². The van der Waals surface area contributed by atoms with Crippen LogP contribution in [0.25, 0.3) is 65.8 Å². The molecule has 184 valence electrons. The van der Waals surface area contributed by atoms with Crippen molar-refractivity contribution < 1.29 is 0 Å². The molecule has 4 heteroatoms. The molecule has 0 spiro atoms. The Balaban J connectivity index is 1.51. The van der Waals surface area contributed by atoms with Crippen molar-refractivity contribution in [2.45, 2.75) is 0 Å². The third kappa shape index (κ3) is 2.99. The Kier molecular flexibility index (Phi) is 4.62. The fourth-order valence-corrected chi connectivity index (χ4v) is 6.26. The van der Waals surface area contributed by atoms with Gasteiger partial charge in [-0.15, -0.1) is 0 Å². The normalized spacial score (nSPS) is 11.4. The Bertz CT molecular complexity index is 2350. The van der Waals surface area contributed by atoms with E-state index in [9.17, 15) is 10.5 Å². The Labute approximate surface area is 229 Å². The first-order valence-electron chi connectivity index (χ1n) is 13.2. The Morgan fingerprint density at radius 3 is 1.70 bits per heavy atom. The predicted molar refractivity (Wildman–Crippen MR) is 162 cm³/mol. The molecule has 0 radical (unpaired) electrons. The molecule has 0 N–H and O–H groups in total. The van der Waals surface area contributed by atoms with Gasteiger partial charge in [-0.2, -0.15) is 10.5 Å². The van der Waals surface area contributed by atoms with Gasteiger partial charge in [0.25, 0.3) is 0 Å². The Morgan fingerprint density at radius 2 is 0.975 bits per heavy atom. The van der Waals surface area contributed by atoms with Crippen molar-refractivity contribution in [3.05, 3.63) is 132 Å². The highest BCUT2D eigenvalue weighted by Gasteiger charge is 2.18. The van der Waals surface area contributed by atoms with Crippen LogP contribution < -0.4 is 0 Å². The lowest BCUT2D eigenvalue weighted by Crippen LogP contribution is -1.97. The first-order valence-corrected chi connectivity index (χ1v) is 13.2. The van der Waals surface area contributed by atoms with E-state index in [1.54, 1.807) is 6.07 Å². The lowest BCUT2D eigenvalue weighted by molar-refractivity contribution is 1.16. The zero-order valence-electron chi connectivity index (χ0n) is 21.3. The molecule has 0 atom stereocenters. The lowest BCUT2D eigenvalue weighted by Gasteiger charge is -2.11. The van der Waals surface area contributed by atoms with E-state index < -0.39 is 0 Å². The number of aromatic nitrogens is 2. The maximum atomic E-state index is 9.74. The van der Waals surface area contributed by atoms with E-state index in [4.69, 9.17) is 0 Å². The minimum atomic E-state index is 0.373. The summed E-state index contributed by atoms with van der Waals surface area (Å²) in [6, 6.07) is 46.3. The van der Waals surface area contributed by atoms with Gasteiger partial charge in [0.15, 0.2) is 0 Å². The van der Waals surface area contributed by atoms with Gasteiger partial charge in [-0.05, 0) is 65.4 Å². The molecule has 0 amide bonds. The molecule has 0 aliphatic rings. The zero-order chi connectivity index (χ0) is 26.8. The van der Waals surface area contributed by atoms with Gasteiger partial charge in [0.05, 0.1) is 33.2 Å². The molecule has 4 nitrogen and oxygen atoms in total. The fraction of sp³-hybridized carbons (Fsp3) is 0. The first kappa shape index (κ1) is 22.2. The molecule has 6 aromatic carbocycles. The summed E-state index contributed by atoms with van der Waals surface area (Å²) < 4.78 is 4.54. The lowest BCUT2D eigenvalue weighted by atomic mass is 10.0. The number of rotatable bonds is 2. The van der Waals surface area contributed by atoms with E-state index in [-0.39, 0.29) is 0 Å². The van der Waals surface area contributed by atoms with E-state index in [2.05, 4.69) is 124 Å². The van der Waals surface area contributed by atoms with Gasteiger partial charge in [-0.1, -0.05) is 66.7 Å². The summed E-state index contributed by atoms with van der Waals surface area (Å²) in [5.41, 5.74) is 7.14. The van der Waals surface area contributed by atoms with Gasteiger partial charge in [0.1, 0.15) is 12.1 Å². The van der Waals surface area contributed by atoms with Crippen LogP contribution in [0.5, 0.6) is 0 Å². The molecule has 0 saturated heterocycles. The molecule has 0 fully saturated rings. The average molecular weight is 509 g/mol. The van der Waals surface area contributed by atoms with Gasteiger partial charge in [-0.3, -0.25) is 0 Å². The van der Waals surface area contributed by atoms with Crippen LogP contribution in [0.3, 0.4) is 0 Å². The van der Waals surface area contributed by atoms with E-state index >= 15 is 0 Å². The van der Waals surface area contributed by atoms with E-state index in [1.807, 2.05) is 12.1 Å². The molecule has 2 aromatic heterocycles. The summed E-state index contributed by atoms with van der Waals surface area (Å²) >= 11 is 0. The molecule has 0 unspecified atom stereocenters. The maximum Gasteiger partial charge on any atom is 0.101 e. The van der Waals surface area contributed by atoms with Crippen LogP contribution >= 0.6 is 0 Å². The highest BCUT2D eigenvalue weighted by atomic mass is 15.0. The molecule has 2 heterocycles. The molecule has 0 aliphatic carbocycles. The maximum absolute atomic E-state index is 9.74. The second kappa shape index (κ2) is 8.33. The van der Waals surface area contributed by atoms with Crippen LogP contribution in [-0.4, -0.2) is 9.13 Å². The zero-order valence-corrected chi connectivity index (χ0v) is 21.3. The summed E-state index contributed by atoms with van der Waals surface area (Å²) in [4.78, 5) is 0. The number of para-hydroxylation sites is 2.